The van der Waals surface area contributed by atoms with Crippen LogP contribution >= 0.6 is 11.8 Å². The summed E-state index contributed by atoms with van der Waals surface area (Å²) in [6.07, 6.45) is 2.13. The van der Waals surface area contributed by atoms with E-state index in [-0.39, 0.29) is 11.2 Å². The van der Waals surface area contributed by atoms with E-state index in [9.17, 15) is 4.79 Å². The minimum absolute atomic E-state index is 0.0312. The van der Waals surface area contributed by atoms with Gasteiger partial charge in [-0.2, -0.15) is 4.98 Å². The van der Waals surface area contributed by atoms with Crippen molar-refractivity contribution in [1.82, 2.24) is 15.5 Å². The Hall–Kier alpha value is -1.82. The largest absolute Gasteiger partial charge is 0.355 e. The molecule has 0 saturated heterocycles. The Morgan fingerprint density at radius 3 is 3.10 bits per heavy atom. The Bertz CT molecular complexity index is 616. The average molecular weight is 303 g/mol. The number of benzene rings is 1. The molecular formula is C15H17N3O2S. The van der Waals surface area contributed by atoms with Crippen molar-refractivity contribution in [2.45, 2.75) is 36.3 Å². The van der Waals surface area contributed by atoms with Gasteiger partial charge in [0.15, 0.2) is 5.82 Å². The second kappa shape index (κ2) is 6.30. The number of carbonyl (C=O) groups excluding carboxylic acids is 1. The van der Waals surface area contributed by atoms with Crippen LogP contribution in [0, 0.1) is 0 Å². The van der Waals surface area contributed by atoms with Crippen LogP contribution in [0.5, 0.6) is 0 Å². The Labute approximate surface area is 127 Å². The zero-order chi connectivity index (χ0) is 14.7. The summed E-state index contributed by atoms with van der Waals surface area (Å²) in [7, 11) is 0. The third-order valence-electron chi connectivity index (χ3n) is 3.40. The first-order valence-electron chi connectivity index (χ1n) is 7.10. The third-order valence-corrected chi connectivity index (χ3v) is 4.72. The Morgan fingerprint density at radius 2 is 2.33 bits per heavy atom. The molecule has 0 spiro atoms. The highest BCUT2D eigenvalue weighted by molar-refractivity contribution is 8.01. The van der Waals surface area contributed by atoms with Gasteiger partial charge in [-0.15, -0.1) is 11.8 Å². The van der Waals surface area contributed by atoms with Gasteiger partial charge in [0.25, 0.3) is 0 Å². The topological polar surface area (TPSA) is 68.0 Å². The number of thioether (sulfide) groups is 1. The number of carbonyl (C=O) groups is 1. The van der Waals surface area contributed by atoms with E-state index in [1.165, 1.54) is 10.5 Å². The first kappa shape index (κ1) is 14.1. The van der Waals surface area contributed by atoms with Crippen LogP contribution in [0.3, 0.4) is 0 Å². The molecule has 1 aliphatic heterocycles. The molecule has 2 aromatic rings. The Balaban J connectivity index is 1.47. The number of nitrogens with zero attached hydrogens (tertiary/aromatic N) is 2. The van der Waals surface area contributed by atoms with E-state index in [0.29, 0.717) is 24.7 Å². The van der Waals surface area contributed by atoms with Crippen molar-refractivity contribution in [2.75, 3.05) is 6.54 Å². The molecule has 0 aliphatic carbocycles. The second-order valence-corrected chi connectivity index (χ2v) is 6.16. The van der Waals surface area contributed by atoms with Gasteiger partial charge in [0, 0.05) is 24.3 Å². The molecule has 0 bridgehead atoms. The van der Waals surface area contributed by atoms with Crippen LogP contribution in [0.25, 0.3) is 0 Å². The van der Waals surface area contributed by atoms with Gasteiger partial charge in [-0.3, -0.25) is 4.79 Å². The molecule has 3 rings (SSSR count). The van der Waals surface area contributed by atoms with E-state index in [0.717, 1.165) is 12.8 Å². The molecule has 5 nitrogen and oxygen atoms in total. The summed E-state index contributed by atoms with van der Waals surface area (Å²) in [6, 6.07) is 8.17. The maximum absolute atomic E-state index is 12.2. The summed E-state index contributed by atoms with van der Waals surface area (Å²) < 4.78 is 5.10. The van der Waals surface area contributed by atoms with Gasteiger partial charge in [-0.1, -0.05) is 30.3 Å². The smallest absolute Gasteiger partial charge is 0.233 e. The van der Waals surface area contributed by atoms with E-state index in [1.807, 2.05) is 19.1 Å². The fourth-order valence-electron chi connectivity index (χ4n) is 2.27. The Kier molecular flexibility index (Phi) is 4.24. The first-order valence-corrected chi connectivity index (χ1v) is 7.98. The lowest BCUT2D eigenvalue weighted by Crippen LogP contribution is -2.33. The van der Waals surface area contributed by atoms with Crippen molar-refractivity contribution >= 4 is 17.7 Å². The monoisotopic (exact) mass is 303 g/mol. The minimum Gasteiger partial charge on any atom is -0.355 e. The zero-order valence-electron chi connectivity index (χ0n) is 11.8. The highest BCUT2D eigenvalue weighted by Gasteiger charge is 2.27. The van der Waals surface area contributed by atoms with Gasteiger partial charge in [-0.25, -0.2) is 0 Å². The van der Waals surface area contributed by atoms with E-state index in [2.05, 4.69) is 27.6 Å². The summed E-state index contributed by atoms with van der Waals surface area (Å²) in [5, 5.41) is 6.75. The van der Waals surface area contributed by atoms with Crippen LogP contribution in [-0.2, 0) is 24.1 Å². The first-order chi connectivity index (χ1) is 10.3. The van der Waals surface area contributed by atoms with Crippen LogP contribution in [0.2, 0.25) is 0 Å². The molecule has 1 N–H and O–H groups in total. The highest BCUT2D eigenvalue weighted by atomic mass is 32.2. The SMILES string of the molecule is CCc1noc(CCNC(=O)[C@H]2Cc3ccccc3S2)n1. The predicted octanol–water partition coefficient (Wildman–Crippen LogP) is 2.01. The number of aryl methyl sites for hydroxylation is 1. The lowest BCUT2D eigenvalue weighted by atomic mass is 10.1. The lowest BCUT2D eigenvalue weighted by molar-refractivity contribution is -0.120. The van der Waals surface area contributed by atoms with Crippen LogP contribution in [-0.4, -0.2) is 27.8 Å². The normalized spacial score (nSPS) is 16.7. The molecule has 1 aliphatic rings. The lowest BCUT2D eigenvalue weighted by Gasteiger charge is -2.08. The number of amides is 1. The molecular weight excluding hydrogens is 286 g/mol. The molecule has 110 valence electrons. The zero-order valence-corrected chi connectivity index (χ0v) is 12.7. The van der Waals surface area contributed by atoms with Crippen LogP contribution < -0.4 is 5.32 Å². The van der Waals surface area contributed by atoms with Gasteiger partial charge in [0.1, 0.15) is 0 Å². The van der Waals surface area contributed by atoms with Gasteiger partial charge < -0.3 is 9.84 Å². The summed E-state index contributed by atoms with van der Waals surface area (Å²) in [5.74, 6) is 1.36. The average Bonchev–Trinajstić information content (AvgIpc) is 3.13. The summed E-state index contributed by atoms with van der Waals surface area (Å²) in [5.41, 5.74) is 1.26. The van der Waals surface area contributed by atoms with Gasteiger partial charge in [-0.05, 0) is 18.1 Å². The van der Waals surface area contributed by atoms with E-state index >= 15 is 0 Å². The summed E-state index contributed by atoms with van der Waals surface area (Å²) in [6.45, 7) is 2.50. The number of aromatic nitrogens is 2. The molecule has 1 aromatic heterocycles. The van der Waals surface area contributed by atoms with E-state index < -0.39 is 0 Å². The number of rotatable bonds is 5. The maximum Gasteiger partial charge on any atom is 0.233 e. The van der Waals surface area contributed by atoms with Crippen molar-refractivity contribution in [3.05, 3.63) is 41.5 Å². The van der Waals surface area contributed by atoms with E-state index in [4.69, 9.17) is 4.52 Å². The minimum atomic E-state index is -0.0312. The molecule has 1 aromatic carbocycles. The number of fused-ring (bicyclic) bond motifs is 1. The van der Waals surface area contributed by atoms with Gasteiger partial charge in [0.05, 0.1) is 5.25 Å². The maximum atomic E-state index is 12.2. The Morgan fingerprint density at radius 1 is 1.48 bits per heavy atom. The van der Waals surface area contributed by atoms with Crippen LogP contribution in [0.15, 0.2) is 33.7 Å². The molecule has 0 fully saturated rings. The standard InChI is InChI=1S/C15H17N3O2S/c1-2-13-17-14(20-18-13)7-8-16-15(19)12-9-10-5-3-4-6-11(10)21-12/h3-6,12H,2,7-9H2,1H3,(H,16,19)/t12-/m1/s1. The number of hydrogen-bond acceptors (Lipinski definition) is 5. The quantitative estimate of drug-likeness (QED) is 0.915. The van der Waals surface area contributed by atoms with Crippen molar-refractivity contribution in [2.24, 2.45) is 0 Å². The van der Waals surface area contributed by atoms with Gasteiger partial charge in [0.2, 0.25) is 11.8 Å². The molecule has 2 heterocycles. The molecule has 1 atom stereocenters. The second-order valence-electron chi connectivity index (χ2n) is 4.92. The highest BCUT2D eigenvalue weighted by Crippen LogP contribution is 2.36. The third kappa shape index (κ3) is 3.26. The fourth-order valence-corrected chi connectivity index (χ4v) is 3.49. The number of hydrogen-bond donors (Lipinski definition) is 1. The number of nitrogens with one attached hydrogen (secondary N) is 1. The molecule has 0 radical (unpaired) electrons. The van der Waals surface area contributed by atoms with Crippen molar-refractivity contribution < 1.29 is 9.32 Å². The molecule has 0 unspecified atom stereocenters. The van der Waals surface area contributed by atoms with Gasteiger partial charge >= 0.3 is 0 Å². The summed E-state index contributed by atoms with van der Waals surface area (Å²) >= 11 is 1.63. The molecule has 21 heavy (non-hydrogen) atoms. The van der Waals surface area contributed by atoms with Crippen molar-refractivity contribution in [1.29, 1.82) is 0 Å². The molecule has 6 heteroatoms. The molecule has 1 amide bonds. The van der Waals surface area contributed by atoms with Crippen LogP contribution in [0.4, 0.5) is 0 Å². The van der Waals surface area contributed by atoms with E-state index in [1.54, 1.807) is 11.8 Å². The summed E-state index contributed by atoms with van der Waals surface area (Å²) in [4.78, 5) is 17.6. The van der Waals surface area contributed by atoms with Crippen LogP contribution in [0.1, 0.15) is 24.2 Å². The van der Waals surface area contributed by atoms with Crippen molar-refractivity contribution in [3.63, 3.8) is 0 Å². The fraction of sp³-hybridized carbons (Fsp3) is 0.400. The predicted molar refractivity (Wildman–Crippen MR) is 80.2 cm³/mol. The molecule has 0 saturated carbocycles. The van der Waals surface area contributed by atoms with Crippen molar-refractivity contribution in [3.8, 4) is 0 Å².